The third kappa shape index (κ3) is 6.20. The van der Waals surface area contributed by atoms with Crippen LogP contribution in [0.1, 0.15) is 50.7 Å². The van der Waals surface area contributed by atoms with Gasteiger partial charge < -0.3 is 10.6 Å². The first kappa shape index (κ1) is 19.4. The highest BCUT2D eigenvalue weighted by Gasteiger charge is 2.03. The SMILES string of the molecule is CCCC(=O)Nc1cccc(NC(=O)C=Cc2ccc(C(C)C)cc2)c1. The molecule has 0 bridgehead atoms. The molecule has 0 unspecified atom stereocenters. The molecule has 2 N–H and O–H groups in total. The smallest absolute Gasteiger partial charge is 0.248 e. The average molecular weight is 350 g/mol. The Morgan fingerprint density at radius 2 is 1.65 bits per heavy atom. The van der Waals surface area contributed by atoms with Crippen LogP contribution < -0.4 is 10.6 Å². The lowest BCUT2D eigenvalue weighted by molar-refractivity contribution is -0.116. The summed E-state index contributed by atoms with van der Waals surface area (Å²) in [4.78, 5) is 23.8. The molecular weight excluding hydrogens is 324 g/mol. The molecule has 26 heavy (non-hydrogen) atoms. The van der Waals surface area contributed by atoms with Crippen LogP contribution in [0.3, 0.4) is 0 Å². The van der Waals surface area contributed by atoms with Crippen LogP contribution in [0.2, 0.25) is 0 Å². The number of carbonyl (C=O) groups is 2. The molecule has 136 valence electrons. The van der Waals surface area contributed by atoms with Gasteiger partial charge in [-0.3, -0.25) is 9.59 Å². The summed E-state index contributed by atoms with van der Waals surface area (Å²) in [6, 6.07) is 15.3. The van der Waals surface area contributed by atoms with Crippen molar-refractivity contribution in [3.63, 3.8) is 0 Å². The van der Waals surface area contributed by atoms with E-state index in [0.29, 0.717) is 23.7 Å². The number of nitrogens with one attached hydrogen (secondary N) is 2. The largest absolute Gasteiger partial charge is 0.326 e. The fourth-order valence-electron chi connectivity index (χ4n) is 2.47. The van der Waals surface area contributed by atoms with Crippen molar-refractivity contribution >= 4 is 29.3 Å². The standard InChI is InChI=1S/C22H26N2O2/c1-4-6-21(25)23-19-7-5-8-20(15-19)24-22(26)14-11-17-9-12-18(13-10-17)16(2)3/h5,7-16H,4,6H2,1-3H3,(H,23,25)(H,24,26). The number of amides is 2. The number of benzene rings is 2. The van der Waals surface area contributed by atoms with Crippen molar-refractivity contribution < 1.29 is 9.59 Å². The zero-order valence-electron chi connectivity index (χ0n) is 15.6. The van der Waals surface area contributed by atoms with Gasteiger partial charge in [0.1, 0.15) is 0 Å². The Labute approximate surface area is 155 Å². The van der Waals surface area contributed by atoms with E-state index in [0.717, 1.165) is 12.0 Å². The van der Waals surface area contributed by atoms with E-state index in [1.54, 1.807) is 30.3 Å². The summed E-state index contributed by atoms with van der Waals surface area (Å²) in [5.74, 6) is 0.247. The van der Waals surface area contributed by atoms with Gasteiger partial charge in [0.05, 0.1) is 0 Å². The number of hydrogen-bond donors (Lipinski definition) is 2. The van der Waals surface area contributed by atoms with Gasteiger partial charge in [-0.1, -0.05) is 51.1 Å². The highest BCUT2D eigenvalue weighted by Crippen LogP contribution is 2.17. The van der Waals surface area contributed by atoms with Crippen LogP contribution in [0.4, 0.5) is 11.4 Å². The summed E-state index contributed by atoms with van der Waals surface area (Å²) >= 11 is 0. The lowest BCUT2D eigenvalue weighted by atomic mass is 10.0. The van der Waals surface area contributed by atoms with Gasteiger partial charge in [-0.05, 0) is 47.7 Å². The van der Waals surface area contributed by atoms with E-state index in [4.69, 9.17) is 0 Å². The molecule has 4 heteroatoms. The quantitative estimate of drug-likeness (QED) is 0.674. The summed E-state index contributed by atoms with van der Waals surface area (Å²) in [5, 5.41) is 5.63. The van der Waals surface area contributed by atoms with Gasteiger partial charge in [-0.25, -0.2) is 0 Å². The van der Waals surface area contributed by atoms with Gasteiger partial charge in [0.2, 0.25) is 11.8 Å². The first-order valence-corrected chi connectivity index (χ1v) is 8.97. The van der Waals surface area contributed by atoms with E-state index in [2.05, 4.69) is 36.6 Å². The highest BCUT2D eigenvalue weighted by atomic mass is 16.2. The van der Waals surface area contributed by atoms with Crippen LogP contribution >= 0.6 is 0 Å². The highest BCUT2D eigenvalue weighted by molar-refractivity contribution is 6.02. The molecule has 0 spiro atoms. The molecule has 0 saturated heterocycles. The number of hydrogen-bond acceptors (Lipinski definition) is 2. The van der Waals surface area contributed by atoms with Crippen LogP contribution in [0.25, 0.3) is 6.08 Å². The maximum atomic E-state index is 12.1. The van der Waals surface area contributed by atoms with Crippen molar-refractivity contribution in [2.24, 2.45) is 0 Å². The Morgan fingerprint density at radius 1 is 1.00 bits per heavy atom. The minimum absolute atomic E-state index is 0.0271. The fourth-order valence-corrected chi connectivity index (χ4v) is 2.47. The summed E-state index contributed by atoms with van der Waals surface area (Å²) in [7, 11) is 0. The Bertz CT molecular complexity index is 777. The second-order valence-electron chi connectivity index (χ2n) is 6.52. The molecule has 0 aliphatic carbocycles. The van der Waals surface area contributed by atoms with Crippen molar-refractivity contribution in [1.29, 1.82) is 0 Å². The lowest BCUT2D eigenvalue weighted by Crippen LogP contribution is -2.12. The van der Waals surface area contributed by atoms with E-state index >= 15 is 0 Å². The van der Waals surface area contributed by atoms with Crippen molar-refractivity contribution in [2.75, 3.05) is 10.6 Å². The molecule has 2 amide bonds. The van der Waals surface area contributed by atoms with Crippen LogP contribution in [-0.4, -0.2) is 11.8 Å². The maximum Gasteiger partial charge on any atom is 0.248 e. The second kappa shape index (κ2) is 9.56. The van der Waals surface area contributed by atoms with E-state index < -0.39 is 0 Å². The maximum absolute atomic E-state index is 12.1. The summed E-state index contributed by atoms with van der Waals surface area (Å²) in [5.41, 5.74) is 3.57. The molecule has 0 aliphatic rings. The predicted molar refractivity (Wildman–Crippen MR) is 108 cm³/mol. The molecule has 0 fully saturated rings. The lowest BCUT2D eigenvalue weighted by Gasteiger charge is -2.07. The molecule has 0 saturated carbocycles. The minimum atomic E-state index is -0.213. The summed E-state index contributed by atoms with van der Waals surface area (Å²) in [6.45, 7) is 6.26. The summed E-state index contributed by atoms with van der Waals surface area (Å²) < 4.78 is 0. The Hall–Kier alpha value is -2.88. The van der Waals surface area contributed by atoms with E-state index in [1.807, 2.05) is 19.1 Å². The molecule has 2 rings (SSSR count). The topological polar surface area (TPSA) is 58.2 Å². The molecule has 0 aromatic heterocycles. The number of carbonyl (C=O) groups excluding carboxylic acids is 2. The summed E-state index contributed by atoms with van der Waals surface area (Å²) in [6.07, 6.45) is 4.57. The second-order valence-corrected chi connectivity index (χ2v) is 6.52. The molecule has 2 aromatic rings. The van der Waals surface area contributed by atoms with Crippen molar-refractivity contribution in [1.82, 2.24) is 0 Å². The zero-order valence-corrected chi connectivity index (χ0v) is 15.6. The number of rotatable bonds is 7. The minimum Gasteiger partial charge on any atom is -0.326 e. The van der Waals surface area contributed by atoms with Crippen molar-refractivity contribution in [3.05, 3.63) is 65.7 Å². The van der Waals surface area contributed by atoms with Gasteiger partial charge in [-0.15, -0.1) is 0 Å². The predicted octanol–water partition coefficient (Wildman–Crippen LogP) is 5.20. The first-order valence-electron chi connectivity index (χ1n) is 8.97. The van der Waals surface area contributed by atoms with Crippen molar-refractivity contribution in [2.45, 2.75) is 39.5 Å². The third-order valence-electron chi connectivity index (χ3n) is 3.92. The zero-order chi connectivity index (χ0) is 18.9. The molecule has 0 aliphatic heterocycles. The molecule has 2 aromatic carbocycles. The van der Waals surface area contributed by atoms with Gasteiger partial charge in [0.15, 0.2) is 0 Å². The van der Waals surface area contributed by atoms with Crippen molar-refractivity contribution in [3.8, 4) is 0 Å². The fraction of sp³-hybridized carbons (Fsp3) is 0.273. The number of anilines is 2. The van der Waals surface area contributed by atoms with Gasteiger partial charge in [0, 0.05) is 23.9 Å². The Kier molecular flexibility index (Phi) is 7.15. The molecule has 0 radical (unpaired) electrons. The van der Waals surface area contributed by atoms with Gasteiger partial charge in [-0.2, -0.15) is 0 Å². The molecule has 0 atom stereocenters. The molecular formula is C22H26N2O2. The Balaban J connectivity index is 1.95. The third-order valence-corrected chi connectivity index (χ3v) is 3.92. The normalized spacial score (nSPS) is 10.9. The van der Waals surface area contributed by atoms with Gasteiger partial charge >= 0.3 is 0 Å². The molecule has 4 nitrogen and oxygen atoms in total. The van der Waals surface area contributed by atoms with E-state index in [-0.39, 0.29) is 11.8 Å². The van der Waals surface area contributed by atoms with E-state index in [1.165, 1.54) is 11.6 Å². The van der Waals surface area contributed by atoms with Crippen LogP contribution in [0.15, 0.2) is 54.6 Å². The average Bonchev–Trinajstić information content (AvgIpc) is 2.61. The van der Waals surface area contributed by atoms with Crippen LogP contribution in [0, 0.1) is 0 Å². The monoisotopic (exact) mass is 350 g/mol. The van der Waals surface area contributed by atoms with Crippen LogP contribution in [0.5, 0.6) is 0 Å². The Morgan fingerprint density at radius 3 is 2.27 bits per heavy atom. The molecule has 0 heterocycles. The van der Waals surface area contributed by atoms with Gasteiger partial charge in [0.25, 0.3) is 0 Å². The van der Waals surface area contributed by atoms with Crippen LogP contribution in [-0.2, 0) is 9.59 Å². The first-order chi connectivity index (χ1) is 12.5. The van der Waals surface area contributed by atoms with E-state index in [9.17, 15) is 9.59 Å².